The maximum atomic E-state index is 15.1. The van der Waals surface area contributed by atoms with Crippen molar-refractivity contribution in [2.75, 3.05) is 13.1 Å². The topological polar surface area (TPSA) is 29.5 Å². The summed E-state index contributed by atoms with van der Waals surface area (Å²) in [6.45, 7) is 6.53. The number of rotatable bonds is 2. The molecule has 1 aliphatic heterocycles. The Hall–Kier alpha value is -2.36. The van der Waals surface area contributed by atoms with Crippen LogP contribution in [0.1, 0.15) is 44.7 Å². The number of nitrogens with zero attached hydrogens (tertiary/aromatic N) is 1. The third-order valence-electron chi connectivity index (χ3n) is 6.51. The van der Waals surface area contributed by atoms with Crippen LogP contribution in [0.2, 0.25) is 0 Å². The molecule has 2 fully saturated rings. The van der Waals surface area contributed by atoms with Crippen molar-refractivity contribution in [2.45, 2.75) is 50.8 Å². The molecule has 29 heavy (non-hydrogen) atoms. The maximum absolute atomic E-state index is 15.1. The summed E-state index contributed by atoms with van der Waals surface area (Å²) in [5.74, 6) is -0.166. The monoisotopic (exact) mass is 395 g/mol. The summed E-state index contributed by atoms with van der Waals surface area (Å²) in [7, 11) is 0. The van der Waals surface area contributed by atoms with Gasteiger partial charge in [-0.3, -0.25) is 0 Å². The van der Waals surface area contributed by atoms with E-state index in [1.807, 2.05) is 32.9 Å². The molecule has 1 aliphatic carbocycles. The zero-order valence-corrected chi connectivity index (χ0v) is 17.5. The standard InChI is InChI=1S/C25H30FNO2/c1-24(2,3)29-23(28)27-16-20-21(17-27)25(15-14-22(20)26,18-10-6-4-7-11-18)19-12-8-5-9-13-19/h4-13,20-22H,14-17H2,1-3H3/t20-,21+,22-/m0/s1. The number of amides is 1. The molecule has 2 aromatic rings. The van der Waals surface area contributed by atoms with Crippen molar-refractivity contribution in [2.24, 2.45) is 11.8 Å². The van der Waals surface area contributed by atoms with E-state index in [0.29, 0.717) is 19.5 Å². The minimum absolute atomic E-state index is 0.0172. The average molecular weight is 396 g/mol. The van der Waals surface area contributed by atoms with Gasteiger partial charge in [0.25, 0.3) is 0 Å². The van der Waals surface area contributed by atoms with Gasteiger partial charge in [0.15, 0.2) is 0 Å². The highest BCUT2D eigenvalue weighted by molar-refractivity contribution is 5.69. The third-order valence-corrected chi connectivity index (χ3v) is 6.51. The zero-order valence-electron chi connectivity index (χ0n) is 17.5. The van der Waals surface area contributed by atoms with Crippen molar-refractivity contribution < 1.29 is 13.9 Å². The van der Waals surface area contributed by atoms with Crippen molar-refractivity contribution >= 4 is 6.09 Å². The molecule has 154 valence electrons. The minimum atomic E-state index is -0.895. The van der Waals surface area contributed by atoms with Crippen LogP contribution in [0, 0.1) is 11.8 Å². The van der Waals surface area contributed by atoms with Crippen LogP contribution in [0.5, 0.6) is 0 Å². The lowest BCUT2D eigenvalue weighted by atomic mass is 9.56. The first-order valence-corrected chi connectivity index (χ1v) is 10.5. The predicted molar refractivity (Wildman–Crippen MR) is 113 cm³/mol. The fourth-order valence-corrected chi connectivity index (χ4v) is 5.31. The van der Waals surface area contributed by atoms with Crippen LogP contribution in [0.15, 0.2) is 60.7 Å². The Morgan fingerprint density at radius 1 is 1.00 bits per heavy atom. The van der Waals surface area contributed by atoms with Crippen LogP contribution >= 0.6 is 0 Å². The molecule has 3 atom stereocenters. The molecule has 1 heterocycles. The van der Waals surface area contributed by atoms with Crippen molar-refractivity contribution in [1.29, 1.82) is 0 Å². The Balaban J connectivity index is 1.76. The summed E-state index contributed by atoms with van der Waals surface area (Å²) in [5.41, 5.74) is 1.56. The molecule has 0 aromatic heterocycles. The van der Waals surface area contributed by atoms with Crippen molar-refractivity contribution in [3.8, 4) is 0 Å². The highest BCUT2D eigenvalue weighted by Gasteiger charge is 2.56. The lowest BCUT2D eigenvalue weighted by Gasteiger charge is -2.47. The van der Waals surface area contributed by atoms with Crippen molar-refractivity contribution in [1.82, 2.24) is 4.90 Å². The predicted octanol–water partition coefficient (Wildman–Crippen LogP) is 5.59. The Morgan fingerprint density at radius 2 is 1.55 bits per heavy atom. The first-order valence-electron chi connectivity index (χ1n) is 10.5. The molecule has 4 heteroatoms. The van der Waals surface area contributed by atoms with Gasteiger partial charge in [0, 0.05) is 24.4 Å². The number of carbonyl (C=O) groups excluding carboxylic acids is 1. The molecular weight excluding hydrogens is 365 g/mol. The summed E-state index contributed by atoms with van der Waals surface area (Å²) >= 11 is 0. The average Bonchev–Trinajstić information content (AvgIpc) is 3.16. The number of hydrogen-bond donors (Lipinski definition) is 0. The zero-order chi connectivity index (χ0) is 20.6. The number of hydrogen-bond acceptors (Lipinski definition) is 2. The van der Waals surface area contributed by atoms with E-state index < -0.39 is 11.8 Å². The molecule has 1 amide bonds. The van der Waals surface area contributed by atoms with E-state index in [4.69, 9.17) is 4.74 Å². The van der Waals surface area contributed by atoms with Crippen molar-refractivity contribution in [3.63, 3.8) is 0 Å². The summed E-state index contributed by atoms with van der Waals surface area (Å²) in [5, 5.41) is 0. The Bertz CT molecular complexity index is 807. The maximum Gasteiger partial charge on any atom is 0.410 e. The van der Waals surface area contributed by atoms with E-state index in [0.717, 1.165) is 6.42 Å². The molecule has 0 N–H and O–H groups in total. The molecule has 4 rings (SSSR count). The molecule has 1 saturated carbocycles. The van der Waals surface area contributed by atoms with Crippen LogP contribution < -0.4 is 0 Å². The number of halogens is 1. The van der Waals surface area contributed by atoms with E-state index in [-0.39, 0.29) is 23.3 Å². The molecule has 3 nitrogen and oxygen atoms in total. The quantitative estimate of drug-likeness (QED) is 0.664. The molecule has 0 spiro atoms. The largest absolute Gasteiger partial charge is 0.444 e. The SMILES string of the molecule is CC(C)(C)OC(=O)N1C[C@H]2[C@@H](C1)C(c1ccccc1)(c1ccccc1)CC[C@@H]2F. The van der Waals surface area contributed by atoms with Gasteiger partial charge in [-0.2, -0.15) is 0 Å². The fourth-order valence-electron chi connectivity index (χ4n) is 5.31. The number of ether oxygens (including phenoxy) is 1. The van der Waals surface area contributed by atoms with Crippen LogP contribution in [-0.2, 0) is 10.2 Å². The van der Waals surface area contributed by atoms with E-state index in [9.17, 15) is 4.79 Å². The Labute approximate surface area is 172 Å². The van der Waals surface area contributed by atoms with E-state index in [1.165, 1.54) is 11.1 Å². The summed E-state index contributed by atoms with van der Waals surface area (Å²) < 4.78 is 20.7. The molecule has 0 radical (unpaired) electrons. The summed E-state index contributed by atoms with van der Waals surface area (Å²) in [4.78, 5) is 14.5. The molecule has 2 aromatic carbocycles. The Morgan fingerprint density at radius 3 is 2.07 bits per heavy atom. The number of benzene rings is 2. The number of likely N-dealkylation sites (tertiary alicyclic amines) is 1. The first-order chi connectivity index (χ1) is 13.8. The molecule has 2 aliphatic rings. The van der Waals surface area contributed by atoms with Gasteiger partial charge < -0.3 is 9.64 Å². The highest BCUT2D eigenvalue weighted by atomic mass is 19.1. The van der Waals surface area contributed by atoms with Gasteiger partial charge >= 0.3 is 6.09 Å². The van der Waals surface area contributed by atoms with Crippen LogP contribution in [0.3, 0.4) is 0 Å². The number of carbonyl (C=O) groups is 1. The van der Waals surface area contributed by atoms with Gasteiger partial charge in [-0.1, -0.05) is 60.7 Å². The fraction of sp³-hybridized carbons (Fsp3) is 0.480. The highest BCUT2D eigenvalue weighted by Crippen LogP contribution is 2.54. The smallest absolute Gasteiger partial charge is 0.410 e. The molecule has 0 bridgehead atoms. The minimum Gasteiger partial charge on any atom is -0.444 e. The van der Waals surface area contributed by atoms with Gasteiger partial charge in [-0.15, -0.1) is 0 Å². The van der Waals surface area contributed by atoms with Gasteiger partial charge in [0.1, 0.15) is 11.8 Å². The lowest BCUT2D eigenvalue weighted by Crippen LogP contribution is -2.47. The van der Waals surface area contributed by atoms with Gasteiger partial charge in [-0.05, 0) is 50.7 Å². The number of alkyl halides is 1. The molecule has 0 unspecified atom stereocenters. The normalized spacial score (nSPS) is 26.1. The van der Waals surface area contributed by atoms with Gasteiger partial charge in [0.05, 0.1) is 0 Å². The van der Waals surface area contributed by atoms with E-state index in [2.05, 4.69) is 48.5 Å². The second-order valence-corrected chi connectivity index (χ2v) is 9.41. The van der Waals surface area contributed by atoms with Crippen molar-refractivity contribution in [3.05, 3.63) is 71.8 Å². The second-order valence-electron chi connectivity index (χ2n) is 9.41. The van der Waals surface area contributed by atoms with Gasteiger partial charge in [-0.25, -0.2) is 9.18 Å². The summed E-state index contributed by atoms with van der Waals surface area (Å²) in [6.07, 6.45) is 0.0145. The third kappa shape index (κ3) is 3.65. The van der Waals surface area contributed by atoms with Crippen LogP contribution in [-0.4, -0.2) is 35.9 Å². The second kappa shape index (κ2) is 7.47. The van der Waals surface area contributed by atoms with E-state index in [1.54, 1.807) is 4.90 Å². The van der Waals surface area contributed by atoms with Crippen LogP contribution in [0.25, 0.3) is 0 Å². The lowest BCUT2D eigenvalue weighted by molar-refractivity contribution is 0.0279. The van der Waals surface area contributed by atoms with Gasteiger partial charge in [0.2, 0.25) is 0 Å². The first kappa shape index (κ1) is 19.9. The molecule has 1 saturated heterocycles. The Kier molecular flexibility index (Phi) is 5.14. The molecular formula is C25H30FNO2. The van der Waals surface area contributed by atoms with E-state index >= 15 is 4.39 Å². The summed E-state index contributed by atoms with van der Waals surface area (Å²) in [6, 6.07) is 20.8. The van der Waals surface area contributed by atoms with Crippen LogP contribution in [0.4, 0.5) is 9.18 Å². The number of fused-ring (bicyclic) bond motifs is 1.